The molecule has 2 aliphatic rings. The Kier molecular flexibility index (Phi) is 2.70. The van der Waals surface area contributed by atoms with Crippen molar-refractivity contribution >= 4 is 16.8 Å². The molecule has 0 radical (unpaired) electrons. The Morgan fingerprint density at radius 3 is 2.50 bits per heavy atom. The van der Waals surface area contributed by atoms with Crippen molar-refractivity contribution in [1.82, 2.24) is 0 Å². The number of benzene rings is 2. The zero-order chi connectivity index (χ0) is 13.4. The highest BCUT2D eigenvalue weighted by atomic mass is 14.9. The number of rotatable bonds is 1. The minimum atomic E-state index is 0.991. The molecule has 2 aromatic rings. The molecule has 0 atom stereocenters. The Hall–Kier alpha value is -2.28. The molecule has 0 aromatic heterocycles. The molecule has 0 unspecified atom stereocenters. The van der Waals surface area contributed by atoms with Gasteiger partial charge in [-0.1, -0.05) is 54.6 Å². The third-order valence-electron chi connectivity index (χ3n) is 4.25. The van der Waals surface area contributed by atoms with Gasteiger partial charge in [-0.2, -0.15) is 0 Å². The summed E-state index contributed by atoms with van der Waals surface area (Å²) in [7, 11) is 0. The van der Waals surface area contributed by atoms with Crippen LogP contribution in [0.5, 0.6) is 0 Å². The first-order valence-corrected chi connectivity index (χ1v) is 7.23. The van der Waals surface area contributed by atoms with Gasteiger partial charge in [-0.05, 0) is 41.2 Å². The molecule has 1 N–H and O–H groups in total. The second-order valence-corrected chi connectivity index (χ2v) is 5.45. The van der Waals surface area contributed by atoms with Gasteiger partial charge in [0.2, 0.25) is 0 Å². The molecule has 98 valence electrons. The molecule has 0 bridgehead atoms. The van der Waals surface area contributed by atoms with E-state index < -0.39 is 0 Å². The number of allylic oxidation sites excluding steroid dienone is 3. The minimum absolute atomic E-state index is 0.991. The van der Waals surface area contributed by atoms with Crippen LogP contribution in [0.3, 0.4) is 0 Å². The van der Waals surface area contributed by atoms with E-state index in [1.165, 1.54) is 28.0 Å². The standard InChI is InChI=1S/C19H17N/c1-2-6-14(7-3-1)15-10-11-16-13-20-19-9-5-4-8-17(19)18(16)12-15/h1-9,12,20H,10-11,13H2. The summed E-state index contributed by atoms with van der Waals surface area (Å²) in [4.78, 5) is 0. The van der Waals surface area contributed by atoms with E-state index in [-0.39, 0.29) is 0 Å². The van der Waals surface area contributed by atoms with Gasteiger partial charge in [0.25, 0.3) is 0 Å². The Balaban J connectivity index is 1.82. The molecule has 20 heavy (non-hydrogen) atoms. The van der Waals surface area contributed by atoms with Crippen LogP contribution in [-0.2, 0) is 0 Å². The van der Waals surface area contributed by atoms with Crippen molar-refractivity contribution in [3.8, 4) is 0 Å². The molecule has 2 aromatic carbocycles. The van der Waals surface area contributed by atoms with Crippen LogP contribution >= 0.6 is 0 Å². The third kappa shape index (κ3) is 1.87. The Morgan fingerprint density at radius 1 is 0.800 bits per heavy atom. The lowest BCUT2D eigenvalue weighted by atomic mass is 9.83. The van der Waals surface area contributed by atoms with Gasteiger partial charge in [0.05, 0.1) is 0 Å². The van der Waals surface area contributed by atoms with Crippen molar-refractivity contribution in [3.05, 3.63) is 77.4 Å². The van der Waals surface area contributed by atoms with E-state index in [4.69, 9.17) is 0 Å². The maximum atomic E-state index is 3.53. The zero-order valence-corrected chi connectivity index (χ0v) is 11.4. The van der Waals surface area contributed by atoms with Crippen LogP contribution in [0.4, 0.5) is 5.69 Å². The van der Waals surface area contributed by atoms with Gasteiger partial charge in [0.15, 0.2) is 0 Å². The molecule has 4 rings (SSSR count). The highest BCUT2D eigenvalue weighted by Gasteiger charge is 2.20. The summed E-state index contributed by atoms with van der Waals surface area (Å²) in [5, 5.41) is 3.53. The number of hydrogen-bond donors (Lipinski definition) is 1. The number of para-hydroxylation sites is 1. The van der Waals surface area contributed by atoms with Crippen LogP contribution < -0.4 is 5.32 Å². The van der Waals surface area contributed by atoms with Gasteiger partial charge in [0, 0.05) is 17.8 Å². The normalized spacial score (nSPS) is 16.9. The van der Waals surface area contributed by atoms with Crippen LogP contribution in [0, 0.1) is 0 Å². The monoisotopic (exact) mass is 259 g/mol. The van der Waals surface area contributed by atoms with E-state index in [0.29, 0.717) is 0 Å². The second-order valence-electron chi connectivity index (χ2n) is 5.45. The van der Waals surface area contributed by atoms with E-state index >= 15 is 0 Å². The van der Waals surface area contributed by atoms with Gasteiger partial charge in [0.1, 0.15) is 0 Å². The molecule has 0 spiro atoms. The Morgan fingerprint density at radius 2 is 1.60 bits per heavy atom. The lowest BCUT2D eigenvalue weighted by Gasteiger charge is -2.27. The van der Waals surface area contributed by atoms with Gasteiger partial charge in [-0.3, -0.25) is 0 Å². The maximum absolute atomic E-state index is 3.53. The topological polar surface area (TPSA) is 12.0 Å². The highest BCUT2D eigenvalue weighted by molar-refractivity contribution is 5.93. The van der Waals surface area contributed by atoms with Crippen molar-refractivity contribution in [2.45, 2.75) is 12.8 Å². The van der Waals surface area contributed by atoms with E-state index in [9.17, 15) is 0 Å². The molecular weight excluding hydrogens is 242 g/mol. The quantitative estimate of drug-likeness (QED) is 0.779. The molecule has 0 amide bonds. The second kappa shape index (κ2) is 4.68. The molecule has 1 aliphatic heterocycles. The molecule has 1 heteroatoms. The van der Waals surface area contributed by atoms with Gasteiger partial charge >= 0.3 is 0 Å². The van der Waals surface area contributed by atoms with E-state index in [2.05, 4.69) is 66.0 Å². The Bertz CT molecular complexity index is 708. The average Bonchev–Trinajstić information content (AvgIpc) is 2.55. The molecule has 1 heterocycles. The molecule has 0 fully saturated rings. The number of anilines is 1. The molecule has 0 saturated heterocycles. The lowest BCUT2D eigenvalue weighted by molar-refractivity contribution is 0.944. The summed E-state index contributed by atoms with van der Waals surface area (Å²) >= 11 is 0. The van der Waals surface area contributed by atoms with Crippen LogP contribution in [0.25, 0.3) is 11.1 Å². The predicted molar refractivity (Wildman–Crippen MR) is 85.5 cm³/mol. The van der Waals surface area contributed by atoms with Crippen LogP contribution in [-0.4, -0.2) is 6.54 Å². The average molecular weight is 259 g/mol. The van der Waals surface area contributed by atoms with Crippen molar-refractivity contribution in [2.24, 2.45) is 0 Å². The number of fused-ring (bicyclic) bond motifs is 2. The SMILES string of the molecule is C1=C(c2ccccc2)CCC2=C1c1ccccc1NC2. The maximum Gasteiger partial charge on any atom is 0.0422 e. The van der Waals surface area contributed by atoms with Gasteiger partial charge in [-0.15, -0.1) is 0 Å². The number of hydrogen-bond acceptors (Lipinski definition) is 1. The smallest absolute Gasteiger partial charge is 0.0422 e. The summed E-state index contributed by atoms with van der Waals surface area (Å²) < 4.78 is 0. The third-order valence-corrected chi connectivity index (χ3v) is 4.25. The summed E-state index contributed by atoms with van der Waals surface area (Å²) in [5.41, 5.74) is 8.41. The lowest BCUT2D eigenvalue weighted by Crippen LogP contribution is -2.15. The van der Waals surface area contributed by atoms with Crippen molar-refractivity contribution in [3.63, 3.8) is 0 Å². The highest BCUT2D eigenvalue weighted by Crippen LogP contribution is 2.40. The summed E-state index contributed by atoms with van der Waals surface area (Å²) in [6, 6.07) is 19.4. The molecular formula is C19H17N. The summed E-state index contributed by atoms with van der Waals surface area (Å²) in [5.74, 6) is 0. The fourth-order valence-electron chi connectivity index (χ4n) is 3.17. The zero-order valence-electron chi connectivity index (χ0n) is 11.4. The first kappa shape index (κ1) is 11.5. The van der Waals surface area contributed by atoms with Gasteiger partial charge in [-0.25, -0.2) is 0 Å². The fourth-order valence-corrected chi connectivity index (χ4v) is 3.17. The minimum Gasteiger partial charge on any atom is -0.381 e. The largest absolute Gasteiger partial charge is 0.381 e. The van der Waals surface area contributed by atoms with Gasteiger partial charge < -0.3 is 5.32 Å². The summed E-state index contributed by atoms with van der Waals surface area (Å²) in [6.45, 7) is 0.991. The first-order valence-electron chi connectivity index (χ1n) is 7.23. The van der Waals surface area contributed by atoms with Crippen LogP contribution in [0.1, 0.15) is 24.0 Å². The van der Waals surface area contributed by atoms with E-state index in [1.807, 2.05) is 0 Å². The number of nitrogens with one attached hydrogen (secondary N) is 1. The first-order chi connectivity index (χ1) is 9.92. The molecule has 1 nitrogen and oxygen atoms in total. The predicted octanol–water partition coefficient (Wildman–Crippen LogP) is 4.74. The fraction of sp³-hybridized carbons (Fsp3) is 0.158. The van der Waals surface area contributed by atoms with E-state index in [1.54, 1.807) is 5.57 Å². The summed E-state index contributed by atoms with van der Waals surface area (Å²) in [6.07, 6.45) is 4.71. The van der Waals surface area contributed by atoms with Crippen LogP contribution in [0.2, 0.25) is 0 Å². The van der Waals surface area contributed by atoms with Crippen LogP contribution in [0.15, 0.2) is 66.2 Å². The Labute approximate surface area is 119 Å². The molecule has 0 saturated carbocycles. The molecule has 1 aliphatic carbocycles. The van der Waals surface area contributed by atoms with Crippen molar-refractivity contribution in [2.75, 3.05) is 11.9 Å². The van der Waals surface area contributed by atoms with Crippen molar-refractivity contribution in [1.29, 1.82) is 0 Å². The van der Waals surface area contributed by atoms with Crippen molar-refractivity contribution < 1.29 is 0 Å². The van der Waals surface area contributed by atoms with E-state index in [0.717, 1.165) is 19.4 Å².